The first kappa shape index (κ1) is 31.5. The fourth-order valence-electron chi connectivity index (χ4n) is 8.55. The Morgan fingerprint density at radius 2 is 0.877 bits per heavy atom. The van der Waals surface area contributed by atoms with Gasteiger partial charge in [-0.25, -0.2) is 4.98 Å². The molecule has 0 atom stereocenters. The molecular formula is C51H31N5O. The molecule has 0 saturated heterocycles. The van der Waals surface area contributed by atoms with E-state index in [9.17, 15) is 0 Å². The highest BCUT2D eigenvalue weighted by Crippen LogP contribution is 2.40. The molecule has 0 aliphatic heterocycles. The molecule has 12 rings (SSSR count). The molecule has 12 aromatic rings. The van der Waals surface area contributed by atoms with Crippen LogP contribution in [-0.4, -0.2) is 24.1 Å². The zero-order valence-electron chi connectivity index (χ0n) is 30.5. The van der Waals surface area contributed by atoms with Crippen LogP contribution in [0.3, 0.4) is 0 Å². The summed E-state index contributed by atoms with van der Waals surface area (Å²) in [4.78, 5) is 15.6. The molecule has 4 aromatic heterocycles. The van der Waals surface area contributed by atoms with Gasteiger partial charge in [0.2, 0.25) is 5.95 Å². The van der Waals surface area contributed by atoms with E-state index in [1.54, 1.807) is 0 Å². The molecule has 0 spiro atoms. The molecule has 4 heterocycles. The molecule has 0 radical (unpaired) electrons. The van der Waals surface area contributed by atoms with E-state index in [1.807, 2.05) is 54.6 Å². The smallest absolute Gasteiger partial charge is 0.238 e. The Morgan fingerprint density at radius 3 is 1.61 bits per heavy atom. The Kier molecular flexibility index (Phi) is 6.83. The van der Waals surface area contributed by atoms with E-state index in [0.717, 1.165) is 77.0 Å². The molecule has 0 N–H and O–H groups in total. The van der Waals surface area contributed by atoms with Crippen molar-refractivity contribution < 1.29 is 4.42 Å². The van der Waals surface area contributed by atoms with Gasteiger partial charge in [-0.05, 0) is 65.7 Å². The third-order valence-electron chi connectivity index (χ3n) is 11.2. The Labute approximate surface area is 326 Å². The molecule has 8 aromatic carbocycles. The average molecular weight is 730 g/mol. The highest BCUT2D eigenvalue weighted by atomic mass is 16.3. The van der Waals surface area contributed by atoms with Crippen molar-refractivity contribution in [2.75, 3.05) is 0 Å². The maximum absolute atomic E-state index is 6.31. The van der Waals surface area contributed by atoms with E-state index in [1.165, 1.54) is 16.5 Å². The average Bonchev–Trinajstić information content (AvgIpc) is 3.93. The van der Waals surface area contributed by atoms with Gasteiger partial charge in [0.15, 0.2) is 11.6 Å². The van der Waals surface area contributed by atoms with Crippen molar-refractivity contribution in [1.82, 2.24) is 24.1 Å². The Hall–Kier alpha value is -7.83. The van der Waals surface area contributed by atoms with Crippen molar-refractivity contribution in [1.29, 1.82) is 0 Å². The molecule has 0 amide bonds. The summed E-state index contributed by atoms with van der Waals surface area (Å²) < 4.78 is 10.9. The number of hydrogen-bond donors (Lipinski definition) is 0. The number of para-hydroxylation sites is 3. The van der Waals surface area contributed by atoms with Crippen LogP contribution in [0.5, 0.6) is 0 Å². The van der Waals surface area contributed by atoms with Crippen LogP contribution in [0.25, 0.3) is 111 Å². The molecule has 0 bridgehead atoms. The second-order valence-corrected chi connectivity index (χ2v) is 14.5. The van der Waals surface area contributed by atoms with Crippen LogP contribution in [0.4, 0.5) is 0 Å². The Bertz CT molecular complexity index is 3520. The van der Waals surface area contributed by atoms with Gasteiger partial charge in [-0.15, -0.1) is 0 Å². The second kappa shape index (κ2) is 12.3. The summed E-state index contributed by atoms with van der Waals surface area (Å²) in [6.45, 7) is 0. The van der Waals surface area contributed by atoms with E-state index in [2.05, 4.69) is 143 Å². The summed E-state index contributed by atoms with van der Waals surface area (Å²) in [5.41, 5.74) is 11.2. The number of furan rings is 1. The molecular weight excluding hydrogens is 699 g/mol. The number of fused-ring (bicyclic) bond motifs is 9. The summed E-state index contributed by atoms with van der Waals surface area (Å²) in [7, 11) is 0. The van der Waals surface area contributed by atoms with Crippen molar-refractivity contribution >= 4 is 65.6 Å². The third-order valence-corrected chi connectivity index (χ3v) is 11.2. The topological polar surface area (TPSA) is 61.7 Å². The van der Waals surface area contributed by atoms with Gasteiger partial charge >= 0.3 is 0 Å². The minimum atomic E-state index is 0.549. The van der Waals surface area contributed by atoms with Gasteiger partial charge in [-0.2, -0.15) is 9.97 Å². The highest BCUT2D eigenvalue weighted by molar-refractivity contribution is 6.19. The molecule has 6 heteroatoms. The quantitative estimate of drug-likeness (QED) is 0.177. The normalized spacial score (nSPS) is 11.9. The van der Waals surface area contributed by atoms with E-state index in [-0.39, 0.29) is 0 Å². The lowest BCUT2D eigenvalue weighted by molar-refractivity contribution is 0.669. The number of rotatable bonds is 5. The molecule has 0 saturated carbocycles. The first-order valence-corrected chi connectivity index (χ1v) is 19.1. The van der Waals surface area contributed by atoms with E-state index >= 15 is 0 Å². The Balaban J connectivity index is 1.12. The van der Waals surface area contributed by atoms with Gasteiger partial charge in [0.05, 0.1) is 22.1 Å². The van der Waals surface area contributed by atoms with Crippen molar-refractivity contribution in [2.45, 2.75) is 0 Å². The second-order valence-electron chi connectivity index (χ2n) is 14.5. The van der Waals surface area contributed by atoms with Crippen LogP contribution in [-0.2, 0) is 0 Å². The van der Waals surface area contributed by atoms with Crippen LogP contribution in [0.1, 0.15) is 0 Å². The maximum Gasteiger partial charge on any atom is 0.238 e. The van der Waals surface area contributed by atoms with Gasteiger partial charge in [0.1, 0.15) is 11.2 Å². The summed E-state index contributed by atoms with van der Waals surface area (Å²) in [5, 5.41) is 6.72. The SMILES string of the molecule is c1ccc(-c2cccc(-n3c4ccccc4c4cc5c(cc43)c3ccccc3n5-c3nc(-c4ccccc4)nc(-c4ccc5c(c4)oc4ccccc45)n3)c2)cc1. The van der Waals surface area contributed by atoms with Crippen LogP contribution in [0.2, 0.25) is 0 Å². The minimum absolute atomic E-state index is 0.549. The lowest BCUT2D eigenvalue weighted by Gasteiger charge is -2.11. The van der Waals surface area contributed by atoms with Crippen molar-refractivity contribution in [3.8, 4) is 45.5 Å². The Morgan fingerprint density at radius 1 is 0.316 bits per heavy atom. The summed E-state index contributed by atoms with van der Waals surface area (Å²) in [6.07, 6.45) is 0. The first-order chi connectivity index (χ1) is 28.2. The number of aromatic nitrogens is 5. The monoisotopic (exact) mass is 729 g/mol. The van der Waals surface area contributed by atoms with Crippen LogP contribution in [0, 0.1) is 0 Å². The number of benzene rings is 8. The molecule has 0 unspecified atom stereocenters. The standard InChI is InChI=1S/C51H31N5O/c1-3-14-32(15-4-1)34-18-13-19-36(28-34)55-43-23-10-7-20-37(43)41-31-46-42(30-45(41)55)38-21-8-11-24-44(38)56(46)51-53-49(33-16-5-2-6-17-33)52-50(54-51)35-26-27-40-39-22-9-12-25-47(39)57-48(40)29-35/h1-31H. The van der Waals surface area contributed by atoms with Crippen molar-refractivity contribution in [3.05, 3.63) is 188 Å². The van der Waals surface area contributed by atoms with Crippen molar-refractivity contribution in [3.63, 3.8) is 0 Å². The fraction of sp³-hybridized carbons (Fsp3) is 0. The number of hydrogen-bond acceptors (Lipinski definition) is 4. The summed E-state index contributed by atoms with van der Waals surface area (Å²) in [5.74, 6) is 1.72. The van der Waals surface area contributed by atoms with Gasteiger partial charge in [-0.1, -0.05) is 133 Å². The van der Waals surface area contributed by atoms with Crippen LogP contribution < -0.4 is 0 Å². The molecule has 266 valence electrons. The molecule has 57 heavy (non-hydrogen) atoms. The molecule has 0 aliphatic rings. The maximum atomic E-state index is 6.31. The third kappa shape index (κ3) is 4.94. The number of nitrogens with zero attached hydrogens (tertiary/aromatic N) is 5. The molecule has 0 aliphatic carbocycles. The zero-order valence-corrected chi connectivity index (χ0v) is 30.5. The minimum Gasteiger partial charge on any atom is -0.456 e. The predicted molar refractivity (Wildman–Crippen MR) is 232 cm³/mol. The zero-order chi connectivity index (χ0) is 37.5. The predicted octanol–water partition coefficient (Wildman–Crippen LogP) is 13.0. The van der Waals surface area contributed by atoms with Gasteiger partial charge in [0, 0.05) is 49.1 Å². The van der Waals surface area contributed by atoms with Crippen molar-refractivity contribution in [2.24, 2.45) is 0 Å². The summed E-state index contributed by atoms with van der Waals surface area (Å²) >= 11 is 0. The molecule has 0 fully saturated rings. The lowest BCUT2D eigenvalue weighted by atomic mass is 10.1. The fourth-order valence-corrected chi connectivity index (χ4v) is 8.55. The summed E-state index contributed by atoms with van der Waals surface area (Å²) in [6, 6.07) is 65.7. The van der Waals surface area contributed by atoms with Gasteiger partial charge in [0.25, 0.3) is 0 Å². The van der Waals surface area contributed by atoms with Crippen LogP contribution in [0.15, 0.2) is 192 Å². The van der Waals surface area contributed by atoms with Gasteiger partial charge < -0.3 is 8.98 Å². The largest absolute Gasteiger partial charge is 0.456 e. The highest BCUT2D eigenvalue weighted by Gasteiger charge is 2.21. The van der Waals surface area contributed by atoms with Crippen LogP contribution >= 0.6 is 0 Å². The molecule has 6 nitrogen and oxygen atoms in total. The lowest BCUT2D eigenvalue weighted by Crippen LogP contribution is -2.06. The first-order valence-electron chi connectivity index (χ1n) is 19.1. The van der Waals surface area contributed by atoms with Gasteiger partial charge in [-0.3, -0.25) is 4.57 Å². The van der Waals surface area contributed by atoms with E-state index in [0.29, 0.717) is 17.6 Å². The van der Waals surface area contributed by atoms with E-state index < -0.39 is 0 Å². The van der Waals surface area contributed by atoms with E-state index in [4.69, 9.17) is 19.4 Å².